The van der Waals surface area contributed by atoms with Crippen LogP contribution in [0.3, 0.4) is 0 Å². The van der Waals surface area contributed by atoms with Crippen molar-refractivity contribution in [2.75, 3.05) is 7.05 Å². The van der Waals surface area contributed by atoms with Gasteiger partial charge in [-0.2, -0.15) is 0 Å². The van der Waals surface area contributed by atoms with E-state index < -0.39 is 0 Å². The van der Waals surface area contributed by atoms with Crippen LogP contribution >= 0.6 is 0 Å². The molecule has 0 atom stereocenters. The standard InChI is InChI=1S/C26H27NO2/c1-26(2,3)20-14-12-18(13-15-20)16-27(4)17-19-8-7-11-23-24(19)25(28)21-9-5-6-10-22(21)29-23/h5-15H,16-17H2,1-4H3. The summed E-state index contributed by atoms with van der Waals surface area (Å²) in [5.74, 6) is 0. The summed E-state index contributed by atoms with van der Waals surface area (Å²) in [5.41, 5.74) is 5.07. The minimum Gasteiger partial charge on any atom is -0.456 e. The number of hydrogen-bond donors (Lipinski definition) is 0. The third-order valence-electron chi connectivity index (χ3n) is 5.40. The summed E-state index contributed by atoms with van der Waals surface area (Å²) in [4.78, 5) is 15.3. The lowest BCUT2D eigenvalue weighted by Gasteiger charge is -2.21. The fourth-order valence-electron chi connectivity index (χ4n) is 3.82. The van der Waals surface area contributed by atoms with Crippen molar-refractivity contribution in [3.05, 3.63) is 93.6 Å². The van der Waals surface area contributed by atoms with Gasteiger partial charge in [-0.05, 0) is 47.4 Å². The Morgan fingerprint density at radius 1 is 0.828 bits per heavy atom. The maximum Gasteiger partial charge on any atom is 0.200 e. The number of hydrogen-bond acceptors (Lipinski definition) is 3. The van der Waals surface area contributed by atoms with E-state index in [9.17, 15) is 4.79 Å². The molecule has 1 aromatic heterocycles. The zero-order valence-corrected chi connectivity index (χ0v) is 17.5. The predicted molar refractivity (Wildman–Crippen MR) is 120 cm³/mol. The minimum atomic E-state index is 0.0420. The molecule has 0 aliphatic carbocycles. The maximum absolute atomic E-state index is 13.1. The van der Waals surface area contributed by atoms with Crippen LogP contribution in [-0.4, -0.2) is 11.9 Å². The molecule has 29 heavy (non-hydrogen) atoms. The van der Waals surface area contributed by atoms with Crippen LogP contribution in [0.5, 0.6) is 0 Å². The normalized spacial score (nSPS) is 12.2. The molecule has 0 fully saturated rings. The molecule has 0 saturated carbocycles. The number of benzene rings is 3. The van der Waals surface area contributed by atoms with Gasteiger partial charge in [-0.1, -0.05) is 69.3 Å². The zero-order valence-electron chi connectivity index (χ0n) is 17.5. The Kier molecular flexibility index (Phi) is 5.01. The van der Waals surface area contributed by atoms with Crippen LogP contribution in [0.15, 0.2) is 75.9 Å². The summed E-state index contributed by atoms with van der Waals surface area (Å²) in [6.07, 6.45) is 0. The van der Waals surface area contributed by atoms with E-state index in [0.717, 1.165) is 12.1 Å². The van der Waals surface area contributed by atoms with Crippen molar-refractivity contribution in [3.8, 4) is 0 Å². The predicted octanol–water partition coefficient (Wildman–Crippen LogP) is 5.88. The Bertz CT molecular complexity index is 1210. The lowest BCUT2D eigenvalue weighted by atomic mass is 9.87. The zero-order chi connectivity index (χ0) is 20.6. The number of nitrogens with zero attached hydrogens (tertiary/aromatic N) is 1. The van der Waals surface area contributed by atoms with Crippen LogP contribution in [0.1, 0.15) is 37.5 Å². The SMILES string of the molecule is CN(Cc1ccc(C(C)(C)C)cc1)Cc1cccc2oc3ccccc3c(=O)c12. The molecule has 148 valence electrons. The Morgan fingerprint density at radius 2 is 1.52 bits per heavy atom. The first-order valence-corrected chi connectivity index (χ1v) is 10.0. The van der Waals surface area contributed by atoms with Gasteiger partial charge >= 0.3 is 0 Å². The van der Waals surface area contributed by atoms with Gasteiger partial charge in [0.05, 0.1) is 10.8 Å². The second-order valence-electron chi connectivity index (χ2n) is 8.84. The molecule has 0 N–H and O–H groups in total. The Morgan fingerprint density at radius 3 is 2.24 bits per heavy atom. The van der Waals surface area contributed by atoms with Crippen molar-refractivity contribution < 1.29 is 4.42 Å². The minimum absolute atomic E-state index is 0.0420. The second kappa shape index (κ2) is 7.49. The summed E-state index contributed by atoms with van der Waals surface area (Å²) in [6, 6.07) is 22.1. The molecule has 3 aromatic carbocycles. The van der Waals surface area contributed by atoms with E-state index in [1.54, 1.807) is 0 Å². The summed E-state index contributed by atoms with van der Waals surface area (Å²) in [5, 5.41) is 1.31. The van der Waals surface area contributed by atoms with Crippen molar-refractivity contribution in [1.29, 1.82) is 0 Å². The van der Waals surface area contributed by atoms with Crippen LogP contribution in [0.2, 0.25) is 0 Å². The molecule has 0 saturated heterocycles. The van der Waals surface area contributed by atoms with E-state index in [1.807, 2.05) is 42.5 Å². The van der Waals surface area contributed by atoms with Crippen LogP contribution in [0.4, 0.5) is 0 Å². The molecule has 3 heteroatoms. The largest absolute Gasteiger partial charge is 0.456 e. The third kappa shape index (κ3) is 3.96. The fraction of sp³-hybridized carbons (Fsp3) is 0.269. The van der Waals surface area contributed by atoms with Crippen LogP contribution in [-0.2, 0) is 18.5 Å². The van der Waals surface area contributed by atoms with Crippen molar-refractivity contribution in [3.63, 3.8) is 0 Å². The highest BCUT2D eigenvalue weighted by molar-refractivity contribution is 5.91. The molecular formula is C26H27NO2. The Labute approximate surface area is 171 Å². The number of para-hydroxylation sites is 1. The average molecular weight is 386 g/mol. The highest BCUT2D eigenvalue weighted by Gasteiger charge is 2.14. The first kappa shape index (κ1) is 19.4. The highest BCUT2D eigenvalue weighted by atomic mass is 16.3. The van der Waals surface area contributed by atoms with Gasteiger partial charge in [-0.25, -0.2) is 0 Å². The third-order valence-corrected chi connectivity index (χ3v) is 5.40. The fourth-order valence-corrected chi connectivity index (χ4v) is 3.82. The maximum atomic E-state index is 13.1. The van der Waals surface area contributed by atoms with E-state index in [-0.39, 0.29) is 10.8 Å². The molecule has 0 radical (unpaired) electrons. The molecule has 0 aliphatic heterocycles. The van der Waals surface area contributed by atoms with Gasteiger partial charge in [-0.3, -0.25) is 9.69 Å². The van der Waals surface area contributed by atoms with Crippen LogP contribution in [0, 0.1) is 0 Å². The van der Waals surface area contributed by atoms with Crippen molar-refractivity contribution in [2.24, 2.45) is 0 Å². The van der Waals surface area contributed by atoms with Gasteiger partial charge in [0, 0.05) is 13.1 Å². The lowest BCUT2D eigenvalue weighted by Crippen LogP contribution is -2.19. The highest BCUT2D eigenvalue weighted by Crippen LogP contribution is 2.24. The molecule has 0 spiro atoms. The van der Waals surface area contributed by atoms with Gasteiger partial charge in [0.1, 0.15) is 11.2 Å². The van der Waals surface area contributed by atoms with E-state index in [0.29, 0.717) is 28.5 Å². The first-order valence-electron chi connectivity index (χ1n) is 10.0. The number of fused-ring (bicyclic) bond motifs is 2. The summed E-state index contributed by atoms with van der Waals surface area (Å²) >= 11 is 0. The van der Waals surface area contributed by atoms with E-state index >= 15 is 0 Å². The Balaban J connectivity index is 1.62. The lowest BCUT2D eigenvalue weighted by molar-refractivity contribution is 0.320. The molecule has 3 nitrogen and oxygen atoms in total. The molecule has 0 unspecified atom stereocenters. The van der Waals surface area contributed by atoms with E-state index in [1.165, 1.54) is 11.1 Å². The van der Waals surface area contributed by atoms with Crippen molar-refractivity contribution in [2.45, 2.75) is 39.3 Å². The molecule has 4 aromatic rings. The van der Waals surface area contributed by atoms with Gasteiger partial charge in [0.15, 0.2) is 0 Å². The Hall–Kier alpha value is -2.91. The first-order chi connectivity index (χ1) is 13.8. The number of rotatable bonds is 4. The quantitative estimate of drug-likeness (QED) is 0.412. The molecular weight excluding hydrogens is 358 g/mol. The van der Waals surface area contributed by atoms with Gasteiger partial charge in [-0.15, -0.1) is 0 Å². The summed E-state index contributed by atoms with van der Waals surface area (Å²) in [6.45, 7) is 8.18. The van der Waals surface area contributed by atoms with E-state index in [4.69, 9.17) is 4.42 Å². The molecule has 0 amide bonds. The van der Waals surface area contributed by atoms with Crippen molar-refractivity contribution >= 4 is 21.9 Å². The van der Waals surface area contributed by atoms with Crippen LogP contribution < -0.4 is 5.43 Å². The van der Waals surface area contributed by atoms with Gasteiger partial charge in [0.25, 0.3) is 0 Å². The molecule has 4 rings (SSSR count). The van der Waals surface area contributed by atoms with E-state index in [2.05, 4.69) is 57.0 Å². The van der Waals surface area contributed by atoms with Crippen molar-refractivity contribution in [1.82, 2.24) is 4.90 Å². The summed E-state index contributed by atoms with van der Waals surface area (Å²) < 4.78 is 5.99. The second-order valence-corrected chi connectivity index (χ2v) is 8.84. The van der Waals surface area contributed by atoms with Gasteiger partial charge in [0.2, 0.25) is 5.43 Å². The average Bonchev–Trinajstić information content (AvgIpc) is 2.68. The molecule has 0 bridgehead atoms. The smallest absolute Gasteiger partial charge is 0.200 e. The topological polar surface area (TPSA) is 33.5 Å². The molecule has 0 aliphatic rings. The monoisotopic (exact) mass is 385 g/mol. The molecule has 1 heterocycles. The van der Waals surface area contributed by atoms with Crippen LogP contribution in [0.25, 0.3) is 21.9 Å². The summed E-state index contributed by atoms with van der Waals surface area (Å²) in [7, 11) is 2.08. The van der Waals surface area contributed by atoms with Gasteiger partial charge < -0.3 is 4.42 Å².